The summed E-state index contributed by atoms with van der Waals surface area (Å²) in [6.07, 6.45) is 3.06. The summed E-state index contributed by atoms with van der Waals surface area (Å²) in [6, 6.07) is 0. The Morgan fingerprint density at radius 3 is 2.33 bits per heavy atom. The summed E-state index contributed by atoms with van der Waals surface area (Å²) < 4.78 is 0. The van der Waals surface area contributed by atoms with Crippen LogP contribution in [0.2, 0.25) is 0 Å². The molecule has 0 radical (unpaired) electrons. The van der Waals surface area contributed by atoms with E-state index in [4.69, 9.17) is 0 Å². The van der Waals surface area contributed by atoms with Crippen LogP contribution in [-0.4, -0.2) is 0 Å². The van der Waals surface area contributed by atoms with Gasteiger partial charge in [-0.3, -0.25) is 0 Å². The molecule has 0 heterocycles. The summed E-state index contributed by atoms with van der Waals surface area (Å²) in [5.41, 5.74) is 0. The molecule has 0 aromatic carbocycles. The van der Waals surface area contributed by atoms with Crippen LogP contribution in [0.4, 0.5) is 0 Å². The fraction of sp³-hybridized carbons (Fsp3) is 1.00. The average molecular weight is 164 g/mol. The highest BCUT2D eigenvalue weighted by molar-refractivity contribution is 5.14. The van der Waals surface area contributed by atoms with E-state index in [2.05, 4.69) is 20.8 Å². The molecule has 4 aliphatic rings. The van der Waals surface area contributed by atoms with Gasteiger partial charge in [0.15, 0.2) is 0 Å². The Balaban J connectivity index is 1.89. The fourth-order valence-electron chi connectivity index (χ4n) is 5.02. The Hall–Kier alpha value is 0. The van der Waals surface area contributed by atoms with Gasteiger partial charge < -0.3 is 0 Å². The van der Waals surface area contributed by atoms with Gasteiger partial charge >= 0.3 is 0 Å². The van der Waals surface area contributed by atoms with E-state index < -0.39 is 0 Å². The molecule has 0 aromatic rings. The van der Waals surface area contributed by atoms with Crippen molar-refractivity contribution in [1.29, 1.82) is 0 Å². The highest BCUT2D eigenvalue weighted by Gasteiger charge is 2.67. The largest absolute Gasteiger partial charge is 0.0651 e. The van der Waals surface area contributed by atoms with Crippen molar-refractivity contribution in [1.82, 2.24) is 0 Å². The lowest BCUT2D eigenvalue weighted by Crippen LogP contribution is -2.40. The highest BCUT2D eigenvalue weighted by Crippen LogP contribution is 2.72. The van der Waals surface area contributed by atoms with Gasteiger partial charge in [-0.15, -0.1) is 0 Å². The van der Waals surface area contributed by atoms with Crippen LogP contribution >= 0.6 is 0 Å². The van der Waals surface area contributed by atoms with Crippen LogP contribution in [0.3, 0.4) is 0 Å². The number of rotatable bonds is 1. The summed E-state index contributed by atoms with van der Waals surface area (Å²) in [6.45, 7) is 7.39. The van der Waals surface area contributed by atoms with E-state index in [-0.39, 0.29) is 0 Å². The minimum atomic E-state index is 1.05. The first-order valence-corrected chi connectivity index (χ1v) is 5.75. The zero-order valence-electron chi connectivity index (χ0n) is 8.46. The predicted octanol–water partition coefficient (Wildman–Crippen LogP) is 3.18. The molecule has 4 fully saturated rings. The van der Waals surface area contributed by atoms with Crippen molar-refractivity contribution in [3.05, 3.63) is 0 Å². The molecule has 0 amide bonds. The minimum absolute atomic E-state index is 1.05. The van der Waals surface area contributed by atoms with Gasteiger partial charge in [-0.25, -0.2) is 0 Å². The van der Waals surface area contributed by atoms with Crippen molar-refractivity contribution in [2.75, 3.05) is 0 Å². The lowest BCUT2D eigenvalue weighted by molar-refractivity contribution is 0.0256. The first kappa shape index (κ1) is 7.41. The van der Waals surface area contributed by atoms with Crippen LogP contribution in [0.25, 0.3) is 0 Å². The summed E-state index contributed by atoms with van der Waals surface area (Å²) in [4.78, 5) is 0. The molecule has 0 aliphatic heterocycles. The molecule has 4 aliphatic carbocycles. The van der Waals surface area contributed by atoms with Gasteiger partial charge in [-0.2, -0.15) is 0 Å². The van der Waals surface area contributed by atoms with Crippen molar-refractivity contribution >= 4 is 0 Å². The summed E-state index contributed by atoms with van der Waals surface area (Å²) in [7, 11) is 0. The van der Waals surface area contributed by atoms with Crippen molar-refractivity contribution in [2.45, 2.75) is 33.6 Å². The van der Waals surface area contributed by atoms with Gasteiger partial charge in [0, 0.05) is 0 Å². The van der Waals surface area contributed by atoms with E-state index in [1.807, 2.05) is 0 Å². The van der Waals surface area contributed by atoms with Gasteiger partial charge in [-0.1, -0.05) is 27.2 Å². The molecule has 0 aromatic heterocycles. The second kappa shape index (κ2) is 2.08. The Morgan fingerprint density at radius 1 is 1.00 bits per heavy atom. The quantitative estimate of drug-likeness (QED) is 0.558. The first-order valence-electron chi connectivity index (χ1n) is 5.75. The molecule has 7 unspecified atom stereocenters. The van der Waals surface area contributed by atoms with Gasteiger partial charge in [0.25, 0.3) is 0 Å². The molecular weight excluding hydrogens is 144 g/mol. The zero-order valence-corrected chi connectivity index (χ0v) is 8.46. The molecule has 68 valence electrons. The summed E-state index contributed by atoms with van der Waals surface area (Å²) in [5, 5.41) is 0. The molecule has 0 saturated heterocycles. The van der Waals surface area contributed by atoms with E-state index in [0.29, 0.717) is 0 Å². The van der Waals surface area contributed by atoms with Crippen molar-refractivity contribution < 1.29 is 0 Å². The Morgan fingerprint density at radius 2 is 1.75 bits per heavy atom. The molecule has 7 atom stereocenters. The summed E-state index contributed by atoms with van der Waals surface area (Å²) in [5.74, 6) is 7.89. The van der Waals surface area contributed by atoms with Crippen molar-refractivity contribution in [2.24, 2.45) is 41.4 Å². The second-order valence-corrected chi connectivity index (χ2v) is 5.51. The monoisotopic (exact) mass is 164 g/mol. The maximum absolute atomic E-state index is 2.50. The third kappa shape index (κ3) is 0.561. The topological polar surface area (TPSA) is 0 Å². The molecular formula is C12H20. The van der Waals surface area contributed by atoms with Crippen molar-refractivity contribution in [3.63, 3.8) is 0 Å². The van der Waals surface area contributed by atoms with Gasteiger partial charge in [0.1, 0.15) is 0 Å². The molecule has 4 rings (SSSR count). The second-order valence-electron chi connectivity index (χ2n) is 5.51. The molecule has 4 saturated carbocycles. The SMILES string of the molecule is CCC1C2CC3C(C)C(C)C2C31. The van der Waals surface area contributed by atoms with E-state index in [1.54, 1.807) is 6.42 Å². The van der Waals surface area contributed by atoms with Crippen LogP contribution < -0.4 is 0 Å². The minimum Gasteiger partial charge on any atom is -0.0651 e. The third-order valence-electron chi connectivity index (χ3n) is 5.61. The van der Waals surface area contributed by atoms with Gasteiger partial charge in [-0.05, 0) is 47.8 Å². The molecule has 0 nitrogen and oxygen atoms in total. The maximum Gasteiger partial charge on any atom is -0.0318 e. The van der Waals surface area contributed by atoms with E-state index >= 15 is 0 Å². The van der Waals surface area contributed by atoms with E-state index in [0.717, 1.165) is 35.5 Å². The summed E-state index contributed by atoms with van der Waals surface area (Å²) >= 11 is 0. The Bertz CT molecular complexity index is 198. The molecule has 12 heavy (non-hydrogen) atoms. The predicted molar refractivity (Wildman–Crippen MR) is 50.7 cm³/mol. The maximum atomic E-state index is 2.50. The van der Waals surface area contributed by atoms with Crippen LogP contribution in [-0.2, 0) is 0 Å². The Labute approximate surface area is 75.7 Å². The van der Waals surface area contributed by atoms with E-state index in [1.165, 1.54) is 12.3 Å². The molecule has 4 bridgehead atoms. The lowest BCUT2D eigenvalue weighted by Gasteiger charge is -2.45. The third-order valence-corrected chi connectivity index (χ3v) is 5.61. The van der Waals surface area contributed by atoms with Crippen molar-refractivity contribution in [3.8, 4) is 0 Å². The van der Waals surface area contributed by atoms with Crippen LogP contribution in [0.5, 0.6) is 0 Å². The Kier molecular flexibility index (Phi) is 1.28. The lowest BCUT2D eigenvalue weighted by atomic mass is 9.60. The van der Waals surface area contributed by atoms with Crippen LogP contribution in [0.15, 0.2) is 0 Å². The van der Waals surface area contributed by atoms with Gasteiger partial charge in [0.05, 0.1) is 0 Å². The normalized spacial score (nSPS) is 66.8. The first-order chi connectivity index (χ1) is 5.75. The molecule has 0 N–H and O–H groups in total. The number of hydrogen-bond donors (Lipinski definition) is 0. The zero-order chi connectivity index (χ0) is 8.46. The molecule has 0 spiro atoms. The standard InChI is InChI=1S/C12H20/c1-4-8-10-5-9-6(2)7(3)11(10)12(8)9/h6-12H,4-5H2,1-3H3. The van der Waals surface area contributed by atoms with Gasteiger partial charge in [0.2, 0.25) is 0 Å². The fourth-order valence-corrected chi connectivity index (χ4v) is 5.02. The smallest absolute Gasteiger partial charge is 0.0318 e. The average Bonchev–Trinajstić information content (AvgIpc) is 2.61. The van der Waals surface area contributed by atoms with Crippen LogP contribution in [0, 0.1) is 41.4 Å². The van der Waals surface area contributed by atoms with Crippen LogP contribution in [0.1, 0.15) is 33.6 Å². The number of hydrogen-bond acceptors (Lipinski definition) is 0. The van der Waals surface area contributed by atoms with E-state index in [9.17, 15) is 0 Å². The highest BCUT2D eigenvalue weighted by atomic mass is 14.7. The molecule has 0 heteroatoms.